The largest absolute Gasteiger partial charge is 0.478 e. The van der Waals surface area contributed by atoms with Gasteiger partial charge in [0.2, 0.25) is 0 Å². The topological polar surface area (TPSA) is 75.6 Å². The molecule has 0 aliphatic rings. The monoisotopic (exact) mass is 373 g/mol. The van der Waals surface area contributed by atoms with Crippen LogP contribution in [0.3, 0.4) is 0 Å². The van der Waals surface area contributed by atoms with E-state index in [1.807, 2.05) is 0 Å². The number of hydrogen-bond acceptors (Lipinski definition) is 3. The summed E-state index contributed by atoms with van der Waals surface area (Å²) in [6.45, 7) is 4.20. The third kappa shape index (κ3) is 5.54. The van der Waals surface area contributed by atoms with E-state index in [0.717, 1.165) is 0 Å². The molecule has 1 aromatic rings. The number of rotatable bonds is 2. The maximum Gasteiger partial charge on any atom is 0.417 e. The van der Waals surface area contributed by atoms with E-state index in [4.69, 9.17) is 9.84 Å². The minimum atomic E-state index is -5.39. The normalized spacial score (nSPS) is 12.7. The van der Waals surface area contributed by atoms with Crippen molar-refractivity contribution in [2.45, 2.75) is 38.7 Å². The molecule has 2 N–H and O–H groups in total. The smallest absolute Gasteiger partial charge is 0.417 e. The standard InChI is InChI=1S/C14H13F6NO4/c1-12(2,3)25-11(24)21-8-5-6(13(15,16)17)4-7(14(18,19)20)9(8)10(22)23/h4-5H,1-3H3,(H,21,24)(H,22,23). The first kappa shape index (κ1) is 20.6. The van der Waals surface area contributed by atoms with Crippen LogP contribution in [0.5, 0.6) is 0 Å². The van der Waals surface area contributed by atoms with Crippen LogP contribution in [0.2, 0.25) is 0 Å². The van der Waals surface area contributed by atoms with Crippen molar-refractivity contribution in [3.05, 3.63) is 28.8 Å². The zero-order valence-electron chi connectivity index (χ0n) is 13.1. The van der Waals surface area contributed by atoms with Crippen LogP contribution < -0.4 is 5.32 Å². The van der Waals surface area contributed by atoms with E-state index in [-0.39, 0.29) is 12.1 Å². The first-order valence-electron chi connectivity index (χ1n) is 6.58. The highest BCUT2D eigenvalue weighted by molar-refractivity contribution is 6.00. The van der Waals surface area contributed by atoms with Gasteiger partial charge in [-0.05, 0) is 32.9 Å². The highest BCUT2D eigenvalue weighted by Gasteiger charge is 2.41. The lowest BCUT2D eigenvalue weighted by atomic mass is 10.0. The lowest BCUT2D eigenvalue weighted by molar-refractivity contribution is -0.143. The lowest BCUT2D eigenvalue weighted by Crippen LogP contribution is -2.28. The Labute approximate surface area is 137 Å². The fraction of sp³-hybridized carbons (Fsp3) is 0.429. The number of carboxylic acids is 1. The molecule has 0 unspecified atom stereocenters. The van der Waals surface area contributed by atoms with Crippen LogP contribution in [0.4, 0.5) is 36.8 Å². The number of ether oxygens (including phenoxy) is 1. The van der Waals surface area contributed by atoms with Gasteiger partial charge in [0, 0.05) is 0 Å². The van der Waals surface area contributed by atoms with E-state index >= 15 is 0 Å². The van der Waals surface area contributed by atoms with Gasteiger partial charge in [-0.2, -0.15) is 26.3 Å². The molecule has 0 atom stereocenters. The maximum absolute atomic E-state index is 13.0. The Morgan fingerprint density at radius 3 is 1.88 bits per heavy atom. The predicted octanol–water partition coefficient (Wildman–Crippen LogP) is 4.77. The van der Waals surface area contributed by atoms with Crippen molar-refractivity contribution in [2.24, 2.45) is 0 Å². The fourth-order valence-corrected chi connectivity index (χ4v) is 1.77. The van der Waals surface area contributed by atoms with Gasteiger partial charge < -0.3 is 9.84 Å². The number of hydrogen-bond donors (Lipinski definition) is 2. The number of carboxylic acid groups (broad SMARTS) is 1. The Kier molecular flexibility index (Phi) is 5.31. The highest BCUT2D eigenvalue weighted by Crippen LogP contribution is 2.40. The molecular weight excluding hydrogens is 360 g/mol. The summed E-state index contributed by atoms with van der Waals surface area (Å²) in [5.41, 5.74) is -7.62. The number of amides is 1. The number of benzene rings is 1. The summed E-state index contributed by atoms with van der Waals surface area (Å²) >= 11 is 0. The zero-order valence-corrected chi connectivity index (χ0v) is 13.1. The number of carbonyl (C=O) groups excluding carboxylic acids is 1. The molecule has 25 heavy (non-hydrogen) atoms. The second-order valence-electron chi connectivity index (χ2n) is 5.87. The number of carbonyl (C=O) groups is 2. The summed E-state index contributed by atoms with van der Waals surface area (Å²) in [6.07, 6.45) is -12.0. The molecule has 0 aliphatic heterocycles. The number of anilines is 1. The van der Waals surface area contributed by atoms with Crippen molar-refractivity contribution in [1.82, 2.24) is 0 Å². The molecule has 0 fully saturated rings. The average Bonchev–Trinajstić information content (AvgIpc) is 2.32. The van der Waals surface area contributed by atoms with Crippen molar-refractivity contribution in [1.29, 1.82) is 0 Å². The minimum absolute atomic E-state index is 0.0998. The third-order valence-corrected chi connectivity index (χ3v) is 2.62. The minimum Gasteiger partial charge on any atom is -0.478 e. The molecule has 0 heterocycles. The van der Waals surface area contributed by atoms with Crippen LogP contribution in [0, 0.1) is 0 Å². The van der Waals surface area contributed by atoms with E-state index < -0.39 is 52.4 Å². The van der Waals surface area contributed by atoms with Gasteiger partial charge in [-0.25, -0.2) is 9.59 Å². The summed E-state index contributed by atoms with van der Waals surface area (Å²) in [6, 6.07) is -0.230. The number of aromatic carboxylic acids is 1. The van der Waals surface area contributed by atoms with Crippen LogP contribution in [0.25, 0.3) is 0 Å². The number of alkyl halides is 6. The van der Waals surface area contributed by atoms with Gasteiger partial charge in [-0.15, -0.1) is 0 Å². The number of halogens is 6. The maximum atomic E-state index is 13.0. The van der Waals surface area contributed by atoms with Gasteiger partial charge >= 0.3 is 24.4 Å². The average molecular weight is 373 g/mol. The van der Waals surface area contributed by atoms with Gasteiger partial charge in [-0.1, -0.05) is 0 Å². The summed E-state index contributed by atoms with van der Waals surface area (Å²) < 4.78 is 82.2. The first-order valence-corrected chi connectivity index (χ1v) is 6.58. The number of nitrogens with one attached hydrogen (secondary N) is 1. The SMILES string of the molecule is CC(C)(C)OC(=O)Nc1cc(C(F)(F)F)cc(C(F)(F)F)c1C(=O)O. The molecule has 5 nitrogen and oxygen atoms in total. The molecule has 0 saturated carbocycles. The van der Waals surface area contributed by atoms with Crippen LogP contribution in [0.15, 0.2) is 12.1 Å². The molecule has 0 aromatic heterocycles. The Hall–Kier alpha value is -2.46. The molecule has 0 bridgehead atoms. The lowest BCUT2D eigenvalue weighted by Gasteiger charge is -2.22. The van der Waals surface area contributed by atoms with Crippen molar-refractivity contribution in [3.63, 3.8) is 0 Å². The predicted molar refractivity (Wildman–Crippen MR) is 73.3 cm³/mol. The van der Waals surface area contributed by atoms with Crippen LogP contribution >= 0.6 is 0 Å². The summed E-state index contributed by atoms with van der Waals surface area (Å²) in [7, 11) is 0. The van der Waals surface area contributed by atoms with Crippen LogP contribution in [0.1, 0.15) is 42.3 Å². The zero-order chi connectivity index (χ0) is 19.8. The van der Waals surface area contributed by atoms with Crippen molar-refractivity contribution >= 4 is 17.7 Å². The van der Waals surface area contributed by atoms with Crippen molar-refractivity contribution < 1.29 is 45.8 Å². The molecule has 0 saturated heterocycles. The molecule has 11 heteroatoms. The Bertz CT molecular complexity index is 688. The van der Waals surface area contributed by atoms with Gasteiger partial charge in [0.25, 0.3) is 0 Å². The molecule has 0 aliphatic carbocycles. The Morgan fingerprint density at radius 1 is 1.00 bits per heavy atom. The molecule has 0 spiro atoms. The van der Waals surface area contributed by atoms with E-state index in [9.17, 15) is 35.9 Å². The second-order valence-corrected chi connectivity index (χ2v) is 5.87. The Morgan fingerprint density at radius 2 is 1.52 bits per heavy atom. The molecule has 140 valence electrons. The highest BCUT2D eigenvalue weighted by atomic mass is 19.4. The van der Waals surface area contributed by atoms with Crippen LogP contribution in [-0.4, -0.2) is 22.8 Å². The van der Waals surface area contributed by atoms with E-state index in [2.05, 4.69) is 0 Å². The summed E-state index contributed by atoms with van der Waals surface area (Å²) in [5, 5.41) is 10.6. The summed E-state index contributed by atoms with van der Waals surface area (Å²) in [5.74, 6) is -2.16. The van der Waals surface area contributed by atoms with E-state index in [0.29, 0.717) is 0 Å². The van der Waals surface area contributed by atoms with Crippen LogP contribution in [-0.2, 0) is 17.1 Å². The molecule has 0 radical (unpaired) electrons. The van der Waals surface area contributed by atoms with Gasteiger partial charge in [-0.3, -0.25) is 5.32 Å². The summed E-state index contributed by atoms with van der Waals surface area (Å²) in [4.78, 5) is 22.8. The van der Waals surface area contributed by atoms with E-state index in [1.54, 1.807) is 5.32 Å². The molecular formula is C14H13F6NO4. The van der Waals surface area contributed by atoms with E-state index in [1.165, 1.54) is 20.8 Å². The first-order chi connectivity index (χ1) is 11.0. The molecule has 1 rings (SSSR count). The van der Waals surface area contributed by atoms with Gasteiger partial charge in [0.1, 0.15) is 5.60 Å². The third-order valence-electron chi connectivity index (χ3n) is 2.62. The Balaban J connectivity index is 3.57. The second kappa shape index (κ2) is 6.45. The quantitative estimate of drug-likeness (QED) is 0.733. The fourth-order valence-electron chi connectivity index (χ4n) is 1.77. The van der Waals surface area contributed by atoms with Crippen molar-refractivity contribution in [2.75, 3.05) is 5.32 Å². The van der Waals surface area contributed by atoms with Gasteiger partial charge in [0.15, 0.2) is 0 Å². The molecule has 1 amide bonds. The molecule has 1 aromatic carbocycles. The van der Waals surface area contributed by atoms with Crippen molar-refractivity contribution in [3.8, 4) is 0 Å². The van der Waals surface area contributed by atoms with Gasteiger partial charge in [0.05, 0.1) is 22.4 Å².